The van der Waals surface area contributed by atoms with E-state index in [0.717, 1.165) is 27.8 Å². The fourth-order valence-corrected chi connectivity index (χ4v) is 3.29. The van der Waals surface area contributed by atoms with Crippen LogP contribution in [0.5, 0.6) is 5.75 Å². The maximum Gasteiger partial charge on any atom is 0.534 e. The van der Waals surface area contributed by atoms with Gasteiger partial charge in [-0.15, -0.1) is 0 Å². The van der Waals surface area contributed by atoms with Crippen molar-refractivity contribution in [2.75, 3.05) is 0 Å². The molecule has 25 heavy (non-hydrogen) atoms. The van der Waals surface area contributed by atoms with Gasteiger partial charge >= 0.3 is 15.6 Å². The lowest BCUT2D eigenvalue weighted by atomic mass is 9.86. The molecule has 0 spiro atoms. The number of alkyl halides is 3. The smallest absolute Gasteiger partial charge is 0.375 e. The van der Waals surface area contributed by atoms with Crippen LogP contribution in [-0.4, -0.2) is 13.9 Å². The summed E-state index contributed by atoms with van der Waals surface area (Å²) in [4.78, 5) is 0. The molecule has 0 aromatic heterocycles. The van der Waals surface area contributed by atoms with E-state index < -0.39 is 15.6 Å². The molecule has 2 aromatic carbocycles. The van der Waals surface area contributed by atoms with Gasteiger partial charge < -0.3 is 4.18 Å². The molecule has 0 fully saturated rings. The van der Waals surface area contributed by atoms with E-state index in [-0.39, 0.29) is 5.75 Å². The third-order valence-electron chi connectivity index (χ3n) is 4.64. The molecule has 0 saturated carbocycles. The van der Waals surface area contributed by atoms with Gasteiger partial charge in [-0.25, -0.2) is 0 Å². The Labute approximate surface area is 145 Å². The van der Waals surface area contributed by atoms with E-state index in [1.807, 2.05) is 34.6 Å². The molecule has 0 amide bonds. The lowest BCUT2D eigenvalue weighted by Gasteiger charge is -2.21. The highest BCUT2D eigenvalue weighted by Gasteiger charge is 2.48. The molecular weight excluding hydrogens is 353 g/mol. The molecule has 2 rings (SSSR count). The Morgan fingerprint density at radius 2 is 1.24 bits per heavy atom. The van der Waals surface area contributed by atoms with Crippen molar-refractivity contribution >= 4 is 10.1 Å². The zero-order valence-corrected chi connectivity index (χ0v) is 15.4. The molecule has 0 aliphatic heterocycles. The molecule has 0 aliphatic carbocycles. The summed E-state index contributed by atoms with van der Waals surface area (Å²) in [5.74, 6) is -0.339. The van der Waals surface area contributed by atoms with Gasteiger partial charge in [-0.1, -0.05) is 18.2 Å². The SMILES string of the molecule is Cc1c(C)c(C)c(-c2ccccc2OS(=O)(=O)C(F)(F)F)c(C)c1C. The molecule has 0 N–H and O–H groups in total. The van der Waals surface area contributed by atoms with E-state index in [2.05, 4.69) is 4.18 Å². The molecule has 0 heterocycles. The number of halogens is 3. The second kappa shape index (κ2) is 6.37. The number of hydrogen-bond acceptors (Lipinski definition) is 3. The second-order valence-corrected chi connectivity index (χ2v) is 7.52. The Hall–Kier alpha value is -2.02. The molecule has 7 heteroatoms. The van der Waals surface area contributed by atoms with Gasteiger partial charge in [0.05, 0.1) is 0 Å². The number of para-hydroxylation sites is 1. The van der Waals surface area contributed by atoms with Gasteiger partial charge in [0, 0.05) is 5.56 Å². The molecule has 0 atom stereocenters. The van der Waals surface area contributed by atoms with Gasteiger partial charge in [-0.3, -0.25) is 0 Å². The molecule has 3 nitrogen and oxygen atoms in total. The Morgan fingerprint density at radius 3 is 1.72 bits per heavy atom. The van der Waals surface area contributed by atoms with Crippen LogP contribution in [0.3, 0.4) is 0 Å². The van der Waals surface area contributed by atoms with E-state index in [9.17, 15) is 21.6 Å². The number of hydrogen-bond donors (Lipinski definition) is 0. The van der Waals surface area contributed by atoms with Crippen molar-refractivity contribution in [1.82, 2.24) is 0 Å². The lowest BCUT2D eigenvalue weighted by Crippen LogP contribution is -2.28. The Balaban J connectivity index is 2.73. The van der Waals surface area contributed by atoms with Crippen LogP contribution in [0, 0.1) is 34.6 Å². The molecule has 0 radical (unpaired) electrons. The van der Waals surface area contributed by atoms with Crippen LogP contribution >= 0.6 is 0 Å². The summed E-state index contributed by atoms with van der Waals surface area (Å²) >= 11 is 0. The van der Waals surface area contributed by atoms with Crippen molar-refractivity contribution in [1.29, 1.82) is 0 Å². The summed E-state index contributed by atoms with van der Waals surface area (Å²) in [6.45, 7) is 9.55. The molecule has 136 valence electrons. The van der Waals surface area contributed by atoms with E-state index in [4.69, 9.17) is 0 Å². The van der Waals surface area contributed by atoms with Crippen LogP contribution in [0.25, 0.3) is 11.1 Å². The van der Waals surface area contributed by atoms with Crippen molar-refractivity contribution in [3.8, 4) is 16.9 Å². The van der Waals surface area contributed by atoms with Crippen molar-refractivity contribution in [3.63, 3.8) is 0 Å². The average molecular weight is 372 g/mol. The maximum atomic E-state index is 12.7. The summed E-state index contributed by atoms with van der Waals surface area (Å²) in [6.07, 6.45) is 0. The van der Waals surface area contributed by atoms with E-state index in [1.54, 1.807) is 12.1 Å². The van der Waals surface area contributed by atoms with Gasteiger partial charge in [-0.2, -0.15) is 21.6 Å². The van der Waals surface area contributed by atoms with Crippen LogP contribution in [0.15, 0.2) is 24.3 Å². The minimum atomic E-state index is -5.74. The normalized spacial score (nSPS) is 12.3. The van der Waals surface area contributed by atoms with Crippen molar-refractivity contribution in [2.45, 2.75) is 40.1 Å². The number of rotatable bonds is 3. The van der Waals surface area contributed by atoms with E-state index in [0.29, 0.717) is 11.1 Å². The highest BCUT2D eigenvalue weighted by molar-refractivity contribution is 7.88. The fraction of sp³-hybridized carbons (Fsp3) is 0.333. The fourth-order valence-electron chi connectivity index (χ4n) is 2.82. The lowest BCUT2D eigenvalue weighted by molar-refractivity contribution is -0.0499. The van der Waals surface area contributed by atoms with Crippen molar-refractivity contribution in [2.24, 2.45) is 0 Å². The van der Waals surface area contributed by atoms with Crippen LogP contribution in [0.1, 0.15) is 27.8 Å². The summed E-state index contributed by atoms with van der Waals surface area (Å²) in [7, 11) is -5.74. The average Bonchev–Trinajstić information content (AvgIpc) is 2.51. The summed E-state index contributed by atoms with van der Waals surface area (Å²) in [5.41, 5.74) is 0.383. The zero-order valence-electron chi connectivity index (χ0n) is 14.6. The zero-order chi connectivity index (χ0) is 19.2. The Bertz CT molecular complexity index is 900. The topological polar surface area (TPSA) is 43.4 Å². The van der Waals surface area contributed by atoms with Crippen molar-refractivity contribution in [3.05, 3.63) is 52.1 Å². The van der Waals surface area contributed by atoms with Gasteiger partial charge in [-0.05, 0) is 74.1 Å². The predicted molar refractivity (Wildman–Crippen MR) is 91.2 cm³/mol. The first-order valence-corrected chi connectivity index (χ1v) is 8.96. The van der Waals surface area contributed by atoms with Crippen LogP contribution < -0.4 is 4.18 Å². The van der Waals surface area contributed by atoms with Crippen molar-refractivity contribution < 1.29 is 25.8 Å². The summed E-state index contributed by atoms with van der Waals surface area (Å²) in [5, 5.41) is 0. The molecule has 0 unspecified atom stereocenters. The molecule has 0 aliphatic rings. The van der Waals surface area contributed by atoms with Gasteiger partial charge in [0.15, 0.2) is 5.75 Å². The molecule has 2 aromatic rings. The highest BCUT2D eigenvalue weighted by Crippen LogP contribution is 2.40. The quantitative estimate of drug-likeness (QED) is 0.554. The minimum absolute atomic E-state index is 0.316. The molecule has 0 saturated heterocycles. The first kappa shape index (κ1) is 19.3. The third-order valence-corrected chi connectivity index (χ3v) is 5.61. The third kappa shape index (κ3) is 3.38. The number of benzene rings is 2. The van der Waals surface area contributed by atoms with Crippen LogP contribution in [-0.2, 0) is 10.1 Å². The van der Waals surface area contributed by atoms with Crippen LogP contribution in [0.4, 0.5) is 13.2 Å². The monoisotopic (exact) mass is 372 g/mol. The predicted octanol–water partition coefficient (Wildman–Crippen LogP) is 5.12. The highest BCUT2D eigenvalue weighted by atomic mass is 32.2. The minimum Gasteiger partial charge on any atom is -0.375 e. The van der Waals surface area contributed by atoms with Crippen LogP contribution in [0.2, 0.25) is 0 Å². The van der Waals surface area contributed by atoms with E-state index in [1.165, 1.54) is 12.1 Å². The first-order valence-electron chi connectivity index (χ1n) is 7.55. The van der Waals surface area contributed by atoms with Gasteiger partial charge in [0.1, 0.15) is 0 Å². The van der Waals surface area contributed by atoms with E-state index >= 15 is 0 Å². The molecule has 0 bridgehead atoms. The molecular formula is C18H19F3O3S. The second-order valence-electron chi connectivity index (χ2n) is 5.98. The first-order chi connectivity index (χ1) is 11.4. The largest absolute Gasteiger partial charge is 0.534 e. The standard InChI is InChI=1S/C18H19F3O3S/c1-10-11(2)13(4)17(14(5)12(10)3)15-8-6-7-9-16(15)24-25(22,23)18(19,20)21/h6-9H,1-5H3. The summed E-state index contributed by atoms with van der Waals surface area (Å²) in [6, 6.07) is 5.85. The van der Waals surface area contributed by atoms with Gasteiger partial charge in [0.2, 0.25) is 0 Å². The summed E-state index contributed by atoms with van der Waals surface area (Å²) < 4.78 is 65.3. The Kier molecular flexibility index (Phi) is 4.92. The maximum absolute atomic E-state index is 12.7. The van der Waals surface area contributed by atoms with Gasteiger partial charge in [0.25, 0.3) is 0 Å². The Morgan fingerprint density at radius 1 is 0.800 bits per heavy atom.